The molecule has 0 saturated heterocycles. The van der Waals surface area contributed by atoms with E-state index in [1.165, 1.54) is 120 Å². The van der Waals surface area contributed by atoms with Crippen molar-refractivity contribution in [2.45, 2.75) is 52.4 Å². The summed E-state index contributed by atoms with van der Waals surface area (Å²) >= 11 is 0. The zero-order valence-corrected chi connectivity index (χ0v) is 31.9. The van der Waals surface area contributed by atoms with Gasteiger partial charge in [0, 0.05) is 0 Å². The van der Waals surface area contributed by atoms with Crippen molar-refractivity contribution in [3.63, 3.8) is 0 Å². The Balaban J connectivity index is 1.50. The lowest BCUT2D eigenvalue weighted by Crippen LogP contribution is -2.11. The third-order valence-corrected chi connectivity index (χ3v) is 12.4. The van der Waals surface area contributed by atoms with E-state index < -0.39 is 0 Å². The van der Waals surface area contributed by atoms with E-state index in [-0.39, 0.29) is 10.8 Å². The monoisotopic (exact) mass is 690 g/mol. The topological polar surface area (TPSA) is 0 Å². The van der Waals surface area contributed by atoms with E-state index in [1.807, 2.05) is 0 Å². The zero-order valence-electron chi connectivity index (χ0n) is 31.9. The van der Waals surface area contributed by atoms with Crippen molar-refractivity contribution < 1.29 is 0 Å². The minimum absolute atomic E-state index is 0.0360. The molecule has 0 nitrogen and oxygen atoms in total. The lowest BCUT2D eigenvalue weighted by Gasteiger charge is -2.22. The summed E-state index contributed by atoms with van der Waals surface area (Å²) in [6.45, 7) is 14.1. The summed E-state index contributed by atoms with van der Waals surface area (Å²) in [6.07, 6.45) is 0. The minimum atomic E-state index is -0.0360. The maximum absolute atomic E-state index is 2.54. The Morgan fingerprint density at radius 1 is 0.278 bits per heavy atom. The minimum Gasteiger partial charge on any atom is -0.0622 e. The van der Waals surface area contributed by atoms with E-state index in [4.69, 9.17) is 0 Å². The molecule has 0 bridgehead atoms. The number of fused-ring (bicyclic) bond motifs is 10. The van der Waals surface area contributed by atoms with Crippen LogP contribution in [0.1, 0.15) is 52.7 Å². The molecule has 0 N–H and O–H groups in total. The fraction of sp³-hybridized carbons (Fsp3) is 0.148. The first-order valence-corrected chi connectivity index (χ1v) is 19.4. The first-order valence-electron chi connectivity index (χ1n) is 19.4. The second-order valence-corrected chi connectivity index (χ2v) is 17.7. The van der Waals surface area contributed by atoms with Gasteiger partial charge in [0.1, 0.15) is 0 Å². The Bertz CT molecular complexity index is 3300. The van der Waals surface area contributed by atoms with Crippen LogP contribution >= 0.6 is 0 Å². The second-order valence-electron chi connectivity index (χ2n) is 17.7. The first kappa shape index (κ1) is 31.5. The molecule has 0 aromatic heterocycles. The molecule has 11 rings (SSSR count). The molecule has 0 aliphatic carbocycles. The van der Waals surface area contributed by atoms with Crippen LogP contribution in [0.15, 0.2) is 146 Å². The maximum Gasteiger partial charge on any atom is -0.000697 e. The Morgan fingerprint density at radius 3 is 1.46 bits per heavy atom. The summed E-state index contributed by atoms with van der Waals surface area (Å²) < 4.78 is 0. The molecule has 0 radical (unpaired) electrons. The van der Waals surface area contributed by atoms with Crippen LogP contribution in [0.5, 0.6) is 0 Å². The Labute approximate surface area is 316 Å². The van der Waals surface area contributed by atoms with Gasteiger partial charge in [-0.15, -0.1) is 0 Å². The zero-order chi connectivity index (χ0) is 36.7. The largest absolute Gasteiger partial charge is 0.0622 e. The molecule has 0 atom stereocenters. The lowest BCUT2D eigenvalue weighted by atomic mass is 9.82. The van der Waals surface area contributed by atoms with Gasteiger partial charge < -0.3 is 0 Å². The van der Waals surface area contributed by atoms with E-state index in [2.05, 4.69) is 187 Å². The highest BCUT2D eigenvalue weighted by Crippen LogP contribution is 2.55. The Morgan fingerprint density at radius 2 is 0.778 bits per heavy atom. The second kappa shape index (κ2) is 10.8. The molecule has 0 heteroatoms. The van der Waals surface area contributed by atoms with Crippen LogP contribution in [-0.4, -0.2) is 0 Å². The van der Waals surface area contributed by atoms with E-state index in [1.54, 1.807) is 0 Å². The van der Waals surface area contributed by atoms with Crippen molar-refractivity contribution in [1.29, 1.82) is 0 Å². The summed E-state index contributed by atoms with van der Waals surface area (Å²) in [4.78, 5) is 0. The summed E-state index contributed by atoms with van der Waals surface area (Å²) in [5.41, 5.74) is 7.93. The first-order chi connectivity index (χ1) is 26.1. The maximum atomic E-state index is 2.54. The van der Waals surface area contributed by atoms with E-state index in [0.717, 1.165) is 0 Å². The van der Waals surface area contributed by atoms with Gasteiger partial charge >= 0.3 is 0 Å². The summed E-state index contributed by atoms with van der Waals surface area (Å²) in [7, 11) is 0. The quantitative estimate of drug-likeness (QED) is 0.158. The van der Waals surface area contributed by atoms with Crippen LogP contribution < -0.4 is 0 Å². The van der Waals surface area contributed by atoms with Crippen molar-refractivity contribution in [2.75, 3.05) is 0 Å². The highest BCUT2D eigenvalue weighted by molar-refractivity contribution is 6.46. The van der Waals surface area contributed by atoms with Crippen molar-refractivity contribution in [3.8, 4) is 22.3 Å². The van der Waals surface area contributed by atoms with Gasteiger partial charge in [0.15, 0.2) is 0 Å². The van der Waals surface area contributed by atoms with Gasteiger partial charge in [-0.3, -0.25) is 0 Å². The SMILES string of the molecule is CC(C)(C)c1ccc2cc3c4c(-c5ccccc5)c5c(cc6c7ccccc7c7cccc5c76)c(-c5ccccc5)c4c4cc(C(C)(C)C)cc(c2c1)c43. The van der Waals surface area contributed by atoms with Gasteiger partial charge in [-0.2, -0.15) is 0 Å². The van der Waals surface area contributed by atoms with E-state index >= 15 is 0 Å². The van der Waals surface area contributed by atoms with Gasteiger partial charge in [-0.25, -0.2) is 0 Å². The molecule has 0 spiro atoms. The normalized spacial score (nSPS) is 13.0. The van der Waals surface area contributed by atoms with Crippen molar-refractivity contribution >= 4 is 86.2 Å². The average Bonchev–Trinajstić information content (AvgIpc) is 3.67. The average molecular weight is 691 g/mol. The highest BCUT2D eigenvalue weighted by Gasteiger charge is 2.28. The van der Waals surface area contributed by atoms with Crippen molar-refractivity contribution in [2.24, 2.45) is 0 Å². The molecule has 0 aliphatic heterocycles. The molecule has 54 heavy (non-hydrogen) atoms. The molecular formula is C54H42. The van der Waals surface area contributed by atoms with Crippen molar-refractivity contribution in [3.05, 3.63) is 157 Å². The Kier molecular flexibility index (Phi) is 6.31. The van der Waals surface area contributed by atoms with E-state index in [0.29, 0.717) is 0 Å². The van der Waals surface area contributed by atoms with Crippen LogP contribution in [0.2, 0.25) is 0 Å². The summed E-state index contributed by atoms with van der Waals surface area (Å²) in [5.74, 6) is 0. The molecule has 258 valence electrons. The van der Waals surface area contributed by atoms with Crippen LogP contribution in [0.25, 0.3) is 108 Å². The fourth-order valence-electron chi connectivity index (χ4n) is 9.77. The summed E-state index contributed by atoms with van der Waals surface area (Å²) in [5, 5.41) is 21.5. The molecule has 0 heterocycles. The van der Waals surface area contributed by atoms with Gasteiger partial charge in [-0.1, -0.05) is 163 Å². The standard InChI is InChI=1S/C54H42/c1-53(2,3)34-25-24-33-26-43-49-41(40(33)27-34)28-35(54(4,5)6)29-44(49)51-46(31-16-9-7-10-17-31)45-30-42-37-21-14-13-20-36(37)38-22-15-23-39(48(38)42)50(45)47(52(43)51)32-18-11-8-12-19-32/h7-30H,1-6H3. The molecule has 0 fully saturated rings. The van der Waals surface area contributed by atoms with Crippen LogP contribution in [0.4, 0.5) is 0 Å². The van der Waals surface area contributed by atoms with E-state index in [9.17, 15) is 0 Å². The number of benzene rings is 9. The Hall–Kier alpha value is -5.98. The lowest BCUT2D eigenvalue weighted by molar-refractivity contribution is 0.590. The highest BCUT2D eigenvalue weighted by atomic mass is 14.3. The molecule has 0 aliphatic rings. The molecule has 11 aromatic carbocycles. The third-order valence-electron chi connectivity index (χ3n) is 12.4. The fourth-order valence-corrected chi connectivity index (χ4v) is 9.77. The molecule has 0 unspecified atom stereocenters. The van der Waals surface area contributed by atoms with Gasteiger partial charge in [0.2, 0.25) is 0 Å². The molecule has 0 amide bonds. The van der Waals surface area contributed by atoms with Crippen LogP contribution in [0, 0.1) is 0 Å². The predicted octanol–water partition coefficient (Wildman–Crippen LogP) is 15.7. The van der Waals surface area contributed by atoms with Gasteiger partial charge in [0.05, 0.1) is 0 Å². The van der Waals surface area contributed by atoms with Gasteiger partial charge in [0.25, 0.3) is 0 Å². The van der Waals surface area contributed by atoms with Crippen LogP contribution in [-0.2, 0) is 10.8 Å². The predicted molar refractivity (Wildman–Crippen MR) is 237 cm³/mol. The molecular weight excluding hydrogens is 649 g/mol. The number of hydrogen-bond acceptors (Lipinski definition) is 0. The molecule has 0 saturated carbocycles. The number of hydrogen-bond donors (Lipinski definition) is 0. The number of rotatable bonds is 2. The smallest absolute Gasteiger partial charge is 0.000697 e. The van der Waals surface area contributed by atoms with Crippen LogP contribution in [0.3, 0.4) is 0 Å². The molecule has 11 aromatic rings. The summed E-state index contributed by atoms with van der Waals surface area (Å²) in [6, 6.07) is 55.7. The van der Waals surface area contributed by atoms with Crippen molar-refractivity contribution in [1.82, 2.24) is 0 Å². The van der Waals surface area contributed by atoms with Gasteiger partial charge in [-0.05, 0) is 155 Å². The third kappa shape index (κ3) is 4.26.